The van der Waals surface area contributed by atoms with Gasteiger partial charge in [0.05, 0.1) is 23.6 Å². The van der Waals surface area contributed by atoms with Gasteiger partial charge in [-0.2, -0.15) is 5.26 Å². The highest BCUT2D eigenvalue weighted by Gasteiger charge is 2.09. The monoisotopic (exact) mass is 200 g/mol. The van der Waals surface area contributed by atoms with Crippen LogP contribution in [0.1, 0.15) is 5.82 Å². The van der Waals surface area contributed by atoms with Gasteiger partial charge < -0.3 is 10.3 Å². The second-order valence-electron chi connectivity index (χ2n) is 3.49. The molecule has 2 N–H and O–H groups in total. The lowest BCUT2D eigenvalue weighted by atomic mass is 10.3. The van der Waals surface area contributed by atoms with E-state index in [0.29, 0.717) is 6.54 Å². The summed E-state index contributed by atoms with van der Waals surface area (Å²) >= 11 is 0. The highest BCUT2D eigenvalue weighted by atomic mass is 15.1. The maximum atomic E-state index is 8.69. The Kier molecular flexibility index (Phi) is 2.40. The zero-order chi connectivity index (χ0) is 10.8. The normalized spacial score (nSPS) is 12.6. The van der Waals surface area contributed by atoms with E-state index in [1.54, 1.807) is 0 Å². The average Bonchev–Trinajstić information content (AvgIpc) is 2.55. The summed E-state index contributed by atoms with van der Waals surface area (Å²) in [5, 5.41) is 8.69. The predicted molar refractivity (Wildman–Crippen MR) is 58.1 cm³/mol. The summed E-state index contributed by atoms with van der Waals surface area (Å²) in [6.07, 6.45) is 0. The van der Waals surface area contributed by atoms with Crippen LogP contribution >= 0.6 is 0 Å². The number of aromatic nitrogens is 2. The Morgan fingerprint density at radius 2 is 2.27 bits per heavy atom. The van der Waals surface area contributed by atoms with Crippen LogP contribution in [0.15, 0.2) is 24.3 Å². The summed E-state index contributed by atoms with van der Waals surface area (Å²) in [7, 11) is 0. The fourth-order valence-corrected chi connectivity index (χ4v) is 1.66. The van der Waals surface area contributed by atoms with Crippen LogP contribution in [-0.4, -0.2) is 15.6 Å². The molecule has 1 aromatic heterocycles. The SMILES string of the molecule is Cc1nc2ccccc2n1CC(N)C#N. The van der Waals surface area contributed by atoms with Crippen LogP contribution in [0.4, 0.5) is 0 Å². The summed E-state index contributed by atoms with van der Waals surface area (Å²) in [6, 6.07) is 9.38. The summed E-state index contributed by atoms with van der Waals surface area (Å²) in [5.74, 6) is 0.891. The van der Waals surface area contributed by atoms with Crippen molar-refractivity contribution in [3.05, 3.63) is 30.1 Å². The van der Waals surface area contributed by atoms with Gasteiger partial charge in [-0.1, -0.05) is 12.1 Å². The molecule has 0 aliphatic rings. The van der Waals surface area contributed by atoms with Crippen molar-refractivity contribution in [3.63, 3.8) is 0 Å². The Labute approximate surface area is 87.9 Å². The Bertz CT molecular complexity index is 521. The molecule has 0 saturated carbocycles. The summed E-state index contributed by atoms with van der Waals surface area (Å²) in [5.41, 5.74) is 7.59. The first kappa shape index (κ1) is 9.69. The topological polar surface area (TPSA) is 67.6 Å². The lowest BCUT2D eigenvalue weighted by Crippen LogP contribution is -2.24. The number of fused-ring (bicyclic) bond motifs is 1. The van der Waals surface area contributed by atoms with Crippen LogP contribution in [0.3, 0.4) is 0 Å². The molecule has 0 fully saturated rings. The standard InChI is InChI=1S/C11H12N4/c1-8-14-10-4-2-3-5-11(10)15(8)7-9(13)6-12/h2-5,9H,7,13H2,1H3. The van der Waals surface area contributed by atoms with Crippen molar-refractivity contribution in [2.75, 3.05) is 0 Å². The second-order valence-corrected chi connectivity index (χ2v) is 3.49. The fraction of sp³-hybridized carbons (Fsp3) is 0.273. The number of imidazole rings is 1. The van der Waals surface area contributed by atoms with Gasteiger partial charge in [0, 0.05) is 0 Å². The second kappa shape index (κ2) is 3.71. The highest BCUT2D eigenvalue weighted by Crippen LogP contribution is 2.15. The molecule has 15 heavy (non-hydrogen) atoms. The van der Waals surface area contributed by atoms with E-state index in [0.717, 1.165) is 16.9 Å². The molecule has 0 aliphatic carbocycles. The molecular formula is C11H12N4. The zero-order valence-electron chi connectivity index (χ0n) is 8.51. The number of nitrogens with zero attached hydrogens (tertiary/aromatic N) is 3. The van der Waals surface area contributed by atoms with Crippen LogP contribution in [0.25, 0.3) is 11.0 Å². The van der Waals surface area contributed by atoms with Crippen molar-refractivity contribution in [3.8, 4) is 6.07 Å². The number of rotatable bonds is 2. The molecule has 1 heterocycles. The predicted octanol–water partition coefficient (Wildman–Crippen LogP) is 1.20. The van der Waals surface area contributed by atoms with Gasteiger partial charge in [-0.3, -0.25) is 0 Å². The van der Waals surface area contributed by atoms with Crippen LogP contribution in [0.2, 0.25) is 0 Å². The lowest BCUT2D eigenvalue weighted by Gasteiger charge is -2.07. The zero-order valence-corrected chi connectivity index (χ0v) is 8.51. The minimum atomic E-state index is -0.485. The van der Waals surface area contributed by atoms with Crippen molar-refractivity contribution in [1.82, 2.24) is 9.55 Å². The van der Waals surface area contributed by atoms with Crippen LogP contribution in [0.5, 0.6) is 0 Å². The molecule has 2 aromatic rings. The Morgan fingerprint density at radius 1 is 1.53 bits per heavy atom. The third kappa shape index (κ3) is 1.69. The van der Waals surface area contributed by atoms with Crippen LogP contribution in [-0.2, 0) is 6.54 Å². The molecule has 4 nitrogen and oxygen atoms in total. The molecule has 0 aliphatic heterocycles. The van der Waals surface area contributed by atoms with Crippen molar-refractivity contribution in [2.45, 2.75) is 19.5 Å². The maximum absolute atomic E-state index is 8.69. The largest absolute Gasteiger partial charge is 0.326 e. The number of aryl methyl sites for hydroxylation is 1. The molecule has 0 spiro atoms. The summed E-state index contributed by atoms with van der Waals surface area (Å²) in [6.45, 7) is 2.41. The van der Waals surface area contributed by atoms with Gasteiger partial charge in [-0.15, -0.1) is 0 Å². The maximum Gasteiger partial charge on any atom is 0.111 e. The highest BCUT2D eigenvalue weighted by molar-refractivity contribution is 5.75. The van der Waals surface area contributed by atoms with Crippen LogP contribution in [0, 0.1) is 18.3 Å². The van der Waals surface area contributed by atoms with E-state index in [2.05, 4.69) is 4.98 Å². The number of hydrogen-bond acceptors (Lipinski definition) is 3. The van der Waals surface area contributed by atoms with Gasteiger partial charge in [0.15, 0.2) is 0 Å². The quantitative estimate of drug-likeness (QED) is 0.791. The molecule has 0 radical (unpaired) electrons. The molecule has 1 aromatic carbocycles. The minimum Gasteiger partial charge on any atom is -0.326 e. The summed E-state index contributed by atoms with van der Waals surface area (Å²) in [4.78, 5) is 4.40. The van der Waals surface area contributed by atoms with E-state index in [-0.39, 0.29) is 0 Å². The van der Waals surface area contributed by atoms with Gasteiger partial charge in [0.1, 0.15) is 11.9 Å². The van der Waals surface area contributed by atoms with Gasteiger partial charge in [0.2, 0.25) is 0 Å². The number of hydrogen-bond donors (Lipinski definition) is 1. The van der Waals surface area contributed by atoms with E-state index in [9.17, 15) is 0 Å². The molecule has 76 valence electrons. The van der Waals surface area contributed by atoms with E-state index in [1.165, 1.54) is 0 Å². The first-order valence-electron chi connectivity index (χ1n) is 4.79. The van der Waals surface area contributed by atoms with E-state index in [1.807, 2.05) is 41.8 Å². The van der Waals surface area contributed by atoms with Gasteiger partial charge in [0.25, 0.3) is 0 Å². The third-order valence-corrected chi connectivity index (χ3v) is 2.39. The molecule has 0 bridgehead atoms. The molecule has 0 saturated heterocycles. The van der Waals surface area contributed by atoms with Crippen molar-refractivity contribution in [2.24, 2.45) is 5.73 Å². The smallest absolute Gasteiger partial charge is 0.111 e. The molecule has 1 unspecified atom stereocenters. The third-order valence-electron chi connectivity index (χ3n) is 2.39. The van der Waals surface area contributed by atoms with E-state index < -0.39 is 6.04 Å². The Morgan fingerprint density at radius 3 is 3.00 bits per heavy atom. The number of para-hydroxylation sites is 2. The number of benzene rings is 1. The first-order valence-corrected chi connectivity index (χ1v) is 4.79. The molecular weight excluding hydrogens is 188 g/mol. The molecule has 4 heteroatoms. The van der Waals surface area contributed by atoms with E-state index in [4.69, 9.17) is 11.0 Å². The number of nitriles is 1. The first-order chi connectivity index (χ1) is 7.22. The lowest BCUT2D eigenvalue weighted by molar-refractivity contribution is 0.636. The van der Waals surface area contributed by atoms with Crippen molar-refractivity contribution >= 4 is 11.0 Å². The Hall–Kier alpha value is -1.86. The fourth-order valence-electron chi connectivity index (χ4n) is 1.66. The molecule has 0 amide bonds. The van der Waals surface area contributed by atoms with Crippen LogP contribution < -0.4 is 5.73 Å². The molecule has 1 atom stereocenters. The van der Waals surface area contributed by atoms with Gasteiger partial charge in [-0.05, 0) is 19.1 Å². The van der Waals surface area contributed by atoms with Gasteiger partial charge in [-0.25, -0.2) is 4.98 Å². The van der Waals surface area contributed by atoms with Crippen molar-refractivity contribution in [1.29, 1.82) is 5.26 Å². The molecule has 2 rings (SSSR count). The summed E-state index contributed by atoms with van der Waals surface area (Å²) < 4.78 is 1.98. The van der Waals surface area contributed by atoms with E-state index >= 15 is 0 Å². The van der Waals surface area contributed by atoms with Crippen molar-refractivity contribution < 1.29 is 0 Å². The minimum absolute atomic E-state index is 0.485. The Balaban J connectivity index is 2.50. The van der Waals surface area contributed by atoms with Gasteiger partial charge >= 0.3 is 0 Å². The average molecular weight is 200 g/mol. The number of nitrogens with two attached hydrogens (primary N) is 1.